The molecule has 0 fully saturated rings. The highest BCUT2D eigenvalue weighted by molar-refractivity contribution is 6.04. The van der Waals surface area contributed by atoms with Crippen molar-refractivity contribution in [1.29, 1.82) is 0 Å². The van der Waals surface area contributed by atoms with Gasteiger partial charge in [-0.3, -0.25) is 0 Å². The number of carboxylic acids is 1. The summed E-state index contributed by atoms with van der Waals surface area (Å²) in [5.41, 5.74) is 5.30. The van der Waals surface area contributed by atoms with Crippen molar-refractivity contribution in [3.8, 4) is 5.75 Å². The van der Waals surface area contributed by atoms with E-state index in [1.807, 2.05) is 49.5 Å². The fourth-order valence-electron chi connectivity index (χ4n) is 3.13. The number of ether oxygens (including phenoxy) is 1. The lowest BCUT2D eigenvalue weighted by atomic mass is 9.93. The Balaban J connectivity index is 2.19. The molecular weight excluding hydrogens is 290 g/mol. The van der Waals surface area contributed by atoms with Crippen LogP contribution in [0.1, 0.15) is 22.3 Å². The maximum absolute atomic E-state index is 11.8. The molecular formula is C19H19NO3. The summed E-state index contributed by atoms with van der Waals surface area (Å²) in [5, 5.41) is 12.8. The zero-order valence-corrected chi connectivity index (χ0v) is 13.2. The Labute approximate surface area is 135 Å². The molecule has 4 nitrogen and oxygen atoms in total. The van der Waals surface area contributed by atoms with Crippen molar-refractivity contribution in [2.24, 2.45) is 0 Å². The summed E-state index contributed by atoms with van der Waals surface area (Å²) >= 11 is 0. The second-order valence-electron chi connectivity index (χ2n) is 5.55. The highest BCUT2D eigenvalue weighted by Gasteiger charge is 2.28. The Morgan fingerprint density at radius 3 is 2.70 bits per heavy atom. The summed E-state index contributed by atoms with van der Waals surface area (Å²) in [6, 6.07) is 13.7. The van der Waals surface area contributed by atoms with E-state index < -0.39 is 5.97 Å². The molecule has 2 N–H and O–H groups in total. The lowest BCUT2D eigenvalue weighted by Crippen LogP contribution is -2.09. The minimum Gasteiger partial charge on any atom is -0.497 e. The molecule has 2 aromatic carbocycles. The van der Waals surface area contributed by atoms with Gasteiger partial charge in [0.2, 0.25) is 0 Å². The zero-order valence-electron chi connectivity index (χ0n) is 13.2. The van der Waals surface area contributed by atoms with Gasteiger partial charge < -0.3 is 15.2 Å². The van der Waals surface area contributed by atoms with Crippen LogP contribution in [-0.2, 0) is 17.8 Å². The number of fused-ring (bicyclic) bond motifs is 1. The van der Waals surface area contributed by atoms with Crippen molar-refractivity contribution in [1.82, 2.24) is 5.32 Å². The number of rotatable bonds is 5. The molecule has 0 amide bonds. The first-order valence-corrected chi connectivity index (χ1v) is 7.52. The Kier molecular flexibility index (Phi) is 4.17. The summed E-state index contributed by atoms with van der Waals surface area (Å²) in [4.78, 5) is 11.8. The van der Waals surface area contributed by atoms with E-state index in [4.69, 9.17) is 4.74 Å². The van der Waals surface area contributed by atoms with Gasteiger partial charge in [0.15, 0.2) is 0 Å². The molecule has 0 radical (unpaired) electrons. The number of hydrogen-bond acceptors (Lipinski definition) is 3. The van der Waals surface area contributed by atoms with Crippen LogP contribution < -0.4 is 10.1 Å². The van der Waals surface area contributed by atoms with E-state index in [-0.39, 0.29) is 0 Å². The smallest absolute Gasteiger partial charge is 0.332 e. The molecule has 0 bridgehead atoms. The molecule has 2 aromatic rings. The predicted molar refractivity (Wildman–Crippen MR) is 89.6 cm³/mol. The number of methoxy groups -OCH3 is 1. The zero-order chi connectivity index (χ0) is 16.4. The molecule has 1 aliphatic carbocycles. The Bertz CT molecular complexity index is 793. The monoisotopic (exact) mass is 309 g/mol. The van der Waals surface area contributed by atoms with Crippen LogP contribution in [0.4, 0.5) is 0 Å². The third kappa shape index (κ3) is 2.73. The number of carboxylic acid groups (broad SMARTS) is 1. The molecule has 0 atom stereocenters. The molecule has 0 aromatic heterocycles. The molecule has 4 heteroatoms. The predicted octanol–water partition coefficient (Wildman–Crippen LogP) is 2.86. The van der Waals surface area contributed by atoms with Gasteiger partial charge in [-0.1, -0.05) is 30.3 Å². The van der Waals surface area contributed by atoms with Crippen molar-refractivity contribution < 1.29 is 14.6 Å². The molecule has 118 valence electrons. The van der Waals surface area contributed by atoms with Gasteiger partial charge in [-0.05, 0) is 41.4 Å². The van der Waals surface area contributed by atoms with E-state index >= 15 is 0 Å². The SMILES string of the molecule is CNCc1ccccc1C1=C(C(=O)O)Cc2cc(OC)ccc21. The standard InChI is InChI=1S/C19H19NO3/c1-20-11-12-5-3-4-6-15(12)18-16-8-7-14(23-2)9-13(16)10-17(18)19(21)22/h3-9,20H,10-11H2,1-2H3,(H,21,22). The first kappa shape index (κ1) is 15.3. The molecule has 0 heterocycles. The molecule has 3 rings (SSSR count). The van der Waals surface area contributed by atoms with E-state index in [0.717, 1.165) is 33.6 Å². The first-order valence-electron chi connectivity index (χ1n) is 7.52. The summed E-state index contributed by atoms with van der Waals surface area (Å²) in [5.74, 6) is -0.118. The van der Waals surface area contributed by atoms with Crippen molar-refractivity contribution in [2.75, 3.05) is 14.2 Å². The number of aliphatic carboxylic acids is 1. The van der Waals surface area contributed by atoms with E-state index in [0.29, 0.717) is 18.5 Å². The number of hydrogen-bond donors (Lipinski definition) is 2. The number of benzene rings is 2. The summed E-state index contributed by atoms with van der Waals surface area (Å²) in [6.45, 7) is 0.693. The van der Waals surface area contributed by atoms with E-state index in [1.54, 1.807) is 7.11 Å². The quantitative estimate of drug-likeness (QED) is 0.891. The lowest BCUT2D eigenvalue weighted by molar-refractivity contribution is -0.132. The second kappa shape index (κ2) is 6.26. The fourth-order valence-corrected chi connectivity index (χ4v) is 3.13. The highest BCUT2D eigenvalue weighted by atomic mass is 16.5. The summed E-state index contributed by atoms with van der Waals surface area (Å²) in [6.07, 6.45) is 0.422. The van der Waals surface area contributed by atoms with Gasteiger partial charge in [0, 0.05) is 24.1 Å². The third-order valence-electron chi connectivity index (χ3n) is 4.16. The molecule has 1 aliphatic rings. The summed E-state index contributed by atoms with van der Waals surface area (Å²) in [7, 11) is 3.50. The van der Waals surface area contributed by atoms with E-state index in [1.165, 1.54) is 0 Å². The van der Waals surface area contributed by atoms with Gasteiger partial charge in [-0.2, -0.15) is 0 Å². The van der Waals surface area contributed by atoms with Gasteiger partial charge >= 0.3 is 5.97 Å². The van der Waals surface area contributed by atoms with Crippen LogP contribution in [0.25, 0.3) is 5.57 Å². The molecule has 0 spiro atoms. The number of nitrogens with one attached hydrogen (secondary N) is 1. The van der Waals surface area contributed by atoms with Crippen LogP contribution in [0.15, 0.2) is 48.0 Å². The van der Waals surface area contributed by atoms with Crippen LogP contribution in [0.3, 0.4) is 0 Å². The van der Waals surface area contributed by atoms with E-state index in [9.17, 15) is 9.90 Å². The topological polar surface area (TPSA) is 58.6 Å². The summed E-state index contributed by atoms with van der Waals surface area (Å²) < 4.78 is 5.26. The molecule has 0 unspecified atom stereocenters. The normalized spacial score (nSPS) is 13.1. The van der Waals surface area contributed by atoms with Crippen molar-refractivity contribution in [3.63, 3.8) is 0 Å². The molecule has 23 heavy (non-hydrogen) atoms. The second-order valence-corrected chi connectivity index (χ2v) is 5.55. The van der Waals surface area contributed by atoms with E-state index in [2.05, 4.69) is 5.32 Å². The van der Waals surface area contributed by atoms with Gasteiger partial charge in [-0.25, -0.2) is 4.79 Å². The lowest BCUT2D eigenvalue weighted by Gasteiger charge is -2.13. The van der Waals surface area contributed by atoms with Crippen LogP contribution in [0, 0.1) is 0 Å². The number of carbonyl (C=O) groups is 1. The van der Waals surface area contributed by atoms with Crippen molar-refractivity contribution >= 4 is 11.5 Å². The Morgan fingerprint density at radius 2 is 2.00 bits per heavy atom. The Morgan fingerprint density at radius 1 is 1.22 bits per heavy atom. The highest BCUT2D eigenvalue weighted by Crippen LogP contribution is 2.40. The largest absolute Gasteiger partial charge is 0.497 e. The average molecular weight is 309 g/mol. The van der Waals surface area contributed by atoms with Gasteiger partial charge in [0.1, 0.15) is 5.75 Å². The molecule has 0 saturated heterocycles. The third-order valence-corrected chi connectivity index (χ3v) is 4.16. The first-order chi connectivity index (χ1) is 11.2. The Hall–Kier alpha value is -2.59. The minimum absolute atomic E-state index is 0.422. The van der Waals surface area contributed by atoms with Gasteiger partial charge in [0.05, 0.1) is 7.11 Å². The fraction of sp³-hybridized carbons (Fsp3) is 0.211. The molecule has 0 aliphatic heterocycles. The minimum atomic E-state index is -0.866. The average Bonchev–Trinajstić information content (AvgIpc) is 2.94. The molecule has 0 saturated carbocycles. The van der Waals surface area contributed by atoms with Crippen LogP contribution in [0.5, 0.6) is 5.75 Å². The van der Waals surface area contributed by atoms with Gasteiger partial charge in [0.25, 0.3) is 0 Å². The van der Waals surface area contributed by atoms with Crippen LogP contribution in [0.2, 0.25) is 0 Å². The van der Waals surface area contributed by atoms with Crippen molar-refractivity contribution in [2.45, 2.75) is 13.0 Å². The maximum Gasteiger partial charge on any atom is 0.332 e. The van der Waals surface area contributed by atoms with Crippen LogP contribution >= 0.6 is 0 Å². The maximum atomic E-state index is 11.8. The van der Waals surface area contributed by atoms with Crippen molar-refractivity contribution in [3.05, 3.63) is 70.3 Å². The van der Waals surface area contributed by atoms with Gasteiger partial charge in [-0.15, -0.1) is 0 Å². The van der Waals surface area contributed by atoms with Crippen LogP contribution in [-0.4, -0.2) is 25.2 Å².